The van der Waals surface area contributed by atoms with E-state index >= 15 is 0 Å². The van der Waals surface area contributed by atoms with Crippen molar-refractivity contribution in [2.24, 2.45) is 0 Å². The lowest BCUT2D eigenvalue weighted by atomic mass is 9.83. The quantitative estimate of drug-likeness (QED) is 0.656. The first-order valence-corrected chi connectivity index (χ1v) is 11.2. The minimum Gasteiger partial charge on any atom is -0.480 e. The van der Waals surface area contributed by atoms with Crippen molar-refractivity contribution in [2.45, 2.75) is 18.4 Å². The Hall–Kier alpha value is -3.23. The summed E-state index contributed by atoms with van der Waals surface area (Å²) >= 11 is 0. The molecule has 32 heavy (non-hydrogen) atoms. The fourth-order valence-electron chi connectivity index (χ4n) is 4.73. The highest BCUT2D eigenvalue weighted by molar-refractivity contribution is 5.75. The van der Waals surface area contributed by atoms with Crippen molar-refractivity contribution in [2.75, 3.05) is 49.6 Å². The summed E-state index contributed by atoms with van der Waals surface area (Å²) in [4.78, 5) is 16.5. The van der Waals surface area contributed by atoms with Crippen LogP contribution in [-0.4, -0.2) is 54.3 Å². The number of anilines is 3. The zero-order valence-corrected chi connectivity index (χ0v) is 17.9. The van der Waals surface area contributed by atoms with Crippen molar-refractivity contribution in [3.8, 4) is 16.9 Å². The second-order valence-corrected chi connectivity index (χ2v) is 8.43. The van der Waals surface area contributed by atoms with Crippen LogP contribution in [0.2, 0.25) is 0 Å². The van der Waals surface area contributed by atoms with Gasteiger partial charge in [0.2, 0.25) is 5.95 Å². The SMILES string of the molecule is c1ccc2c(c1)OC1(CCOCC1)c1nc(Nc3ccc(N4CCNCC4)nc3)ncc1-2. The predicted octanol–water partition coefficient (Wildman–Crippen LogP) is 3.09. The van der Waals surface area contributed by atoms with Gasteiger partial charge in [-0.25, -0.2) is 15.0 Å². The van der Waals surface area contributed by atoms with E-state index in [1.165, 1.54) is 0 Å². The Labute approximate surface area is 187 Å². The molecule has 8 heteroatoms. The first-order chi connectivity index (χ1) is 15.8. The van der Waals surface area contributed by atoms with Crippen LogP contribution >= 0.6 is 0 Å². The highest BCUT2D eigenvalue weighted by atomic mass is 16.5. The van der Waals surface area contributed by atoms with Crippen LogP contribution in [0.25, 0.3) is 11.1 Å². The molecule has 3 aliphatic heterocycles. The fraction of sp³-hybridized carbons (Fsp3) is 0.375. The second kappa shape index (κ2) is 8.03. The first kappa shape index (κ1) is 19.5. The van der Waals surface area contributed by atoms with Crippen LogP contribution in [-0.2, 0) is 10.3 Å². The molecule has 3 aliphatic rings. The Balaban J connectivity index is 1.31. The van der Waals surface area contributed by atoms with Gasteiger partial charge in [0, 0.05) is 56.3 Å². The third-order valence-electron chi connectivity index (χ3n) is 6.45. The van der Waals surface area contributed by atoms with Crippen molar-refractivity contribution in [3.05, 3.63) is 54.5 Å². The lowest BCUT2D eigenvalue weighted by Gasteiger charge is -2.41. The van der Waals surface area contributed by atoms with Gasteiger partial charge in [0.15, 0.2) is 5.60 Å². The lowest BCUT2D eigenvalue weighted by Crippen LogP contribution is -2.43. The molecule has 0 unspecified atom stereocenters. The standard InChI is InChI=1S/C24H26N6O2/c1-2-4-20-18(3-1)19-16-27-23(29-22(19)24(32-20)7-13-31-14-8-24)28-17-5-6-21(26-15-17)30-11-9-25-10-12-30/h1-6,15-16,25H,7-14H2,(H,27,28,29). The molecule has 0 aliphatic carbocycles. The van der Waals surface area contributed by atoms with E-state index in [1.54, 1.807) is 0 Å². The van der Waals surface area contributed by atoms with Gasteiger partial charge in [-0.1, -0.05) is 18.2 Å². The van der Waals surface area contributed by atoms with Crippen LogP contribution in [0.3, 0.4) is 0 Å². The molecule has 3 aromatic rings. The molecule has 0 saturated carbocycles. The summed E-state index contributed by atoms with van der Waals surface area (Å²) in [6, 6.07) is 12.2. The molecule has 0 atom stereocenters. The Morgan fingerprint density at radius 3 is 2.59 bits per heavy atom. The van der Waals surface area contributed by atoms with Crippen LogP contribution in [0.1, 0.15) is 18.5 Å². The van der Waals surface area contributed by atoms with Gasteiger partial charge in [-0.05, 0) is 18.2 Å². The molecule has 2 aromatic heterocycles. The molecule has 0 bridgehead atoms. The van der Waals surface area contributed by atoms with Crippen LogP contribution in [0.15, 0.2) is 48.8 Å². The summed E-state index contributed by atoms with van der Waals surface area (Å²) in [5.74, 6) is 2.43. The molecule has 2 N–H and O–H groups in total. The van der Waals surface area contributed by atoms with Gasteiger partial charge in [0.25, 0.3) is 0 Å². The zero-order chi connectivity index (χ0) is 21.4. The maximum Gasteiger partial charge on any atom is 0.227 e. The molecule has 8 nitrogen and oxygen atoms in total. The molecule has 5 heterocycles. The minimum atomic E-state index is -0.480. The molecule has 2 saturated heterocycles. The van der Waals surface area contributed by atoms with Crippen molar-refractivity contribution in [1.82, 2.24) is 20.3 Å². The maximum atomic E-state index is 6.55. The molecule has 1 spiro atoms. The number of rotatable bonds is 3. The number of pyridine rings is 1. The minimum absolute atomic E-state index is 0.480. The lowest BCUT2D eigenvalue weighted by molar-refractivity contribution is -0.0540. The number of piperazine rings is 1. The van der Waals surface area contributed by atoms with Gasteiger partial charge in [-0.2, -0.15) is 0 Å². The van der Waals surface area contributed by atoms with Gasteiger partial charge in [-0.15, -0.1) is 0 Å². The normalized spacial score (nSPS) is 19.1. The summed E-state index contributed by atoms with van der Waals surface area (Å²) in [5, 5.41) is 6.70. The molecule has 1 aromatic carbocycles. The average molecular weight is 431 g/mol. The summed E-state index contributed by atoms with van der Waals surface area (Å²) in [7, 11) is 0. The van der Waals surface area contributed by atoms with Gasteiger partial charge in [0.1, 0.15) is 11.6 Å². The van der Waals surface area contributed by atoms with E-state index in [0.29, 0.717) is 19.2 Å². The molecule has 6 rings (SSSR count). The van der Waals surface area contributed by atoms with E-state index < -0.39 is 5.60 Å². The highest BCUT2D eigenvalue weighted by Gasteiger charge is 2.44. The van der Waals surface area contributed by atoms with E-state index in [-0.39, 0.29) is 0 Å². The molecule has 0 radical (unpaired) electrons. The predicted molar refractivity (Wildman–Crippen MR) is 122 cm³/mol. The summed E-state index contributed by atoms with van der Waals surface area (Å²) < 4.78 is 12.2. The number of nitrogens with one attached hydrogen (secondary N) is 2. The van der Waals surface area contributed by atoms with E-state index in [4.69, 9.17) is 14.5 Å². The zero-order valence-electron chi connectivity index (χ0n) is 17.9. The highest BCUT2D eigenvalue weighted by Crippen LogP contribution is 2.48. The summed E-state index contributed by atoms with van der Waals surface area (Å²) in [6.45, 7) is 5.24. The Bertz CT molecular complexity index is 1110. The number of hydrogen-bond donors (Lipinski definition) is 2. The number of aromatic nitrogens is 3. The van der Waals surface area contributed by atoms with Crippen LogP contribution < -0.4 is 20.3 Å². The van der Waals surface area contributed by atoms with Crippen LogP contribution in [0.5, 0.6) is 5.75 Å². The third kappa shape index (κ3) is 3.45. The van der Waals surface area contributed by atoms with Crippen molar-refractivity contribution < 1.29 is 9.47 Å². The third-order valence-corrected chi connectivity index (χ3v) is 6.45. The molecular weight excluding hydrogens is 404 g/mol. The fourth-order valence-corrected chi connectivity index (χ4v) is 4.73. The van der Waals surface area contributed by atoms with Gasteiger partial charge >= 0.3 is 0 Å². The van der Waals surface area contributed by atoms with Gasteiger partial charge in [-0.3, -0.25) is 0 Å². The Kier molecular flexibility index (Phi) is 4.88. The van der Waals surface area contributed by atoms with Gasteiger partial charge in [0.05, 0.1) is 30.8 Å². The largest absolute Gasteiger partial charge is 0.480 e. The first-order valence-electron chi connectivity index (χ1n) is 11.2. The van der Waals surface area contributed by atoms with E-state index in [2.05, 4.69) is 31.6 Å². The number of nitrogens with zero attached hydrogens (tertiary/aromatic N) is 4. The number of hydrogen-bond acceptors (Lipinski definition) is 8. The van der Waals surface area contributed by atoms with Crippen molar-refractivity contribution in [1.29, 1.82) is 0 Å². The molecule has 0 amide bonds. The Morgan fingerprint density at radius 1 is 0.938 bits per heavy atom. The number of para-hydroxylation sites is 1. The molecule has 164 valence electrons. The number of benzene rings is 1. The van der Waals surface area contributed by atoms with Crippen molar-refractivity contribution >= 4 is 17.5 Å². The summed E-state index contributed by atoms with van der Waals surface area (Å²) in [5.41, 5.74) is 3.38. The number of fused-ring (bicyclic) bond motifs is 4. The molecule has 2 fully saturated rings. The van der Waals surface area contributed by atoms with Crippen LogP contribution in [0.4, 0.5) is 17.5 Å². The smallest absolute Gasteiger partial charge is 0.227 e. The van der Waals surface area contributed by atoms with Crippen LogP contribution in [0, 0.1) is 0 Å². The Morgan fingerprint density at radius 2 is 1.78 bits per heavy atom. The maximum absolute atomic E-state index is 6.55. The van der Waals surface area contributed by atoms with Gasteiger partial charge < -0.3 is 25.0 Å². The molecular formula is C24H26N6O2. The van der Waals surface area contributed by atoms with E-state index in [1.807, 2.05) is 42.7 Å². The average Bonchev–Trinajstić information content (AvgIpc) is 2.86. The summed E-state index contributed by atoms with van der Waals surface area (Å²) in [6.07, 6.45) is 5.29. The topological polar surface area (TPSA) is 84.4 Å². The van der Waals surface area contributed by atoms with E-state index in [9.17, 15) is 0 Å². The van der Waals surface area contributed by atoms with E-state index in [0.717, 1.165) is 73.1 Å². The second-order valence-electron chi connectivity index (χ2n) is 8.43. The van der Waals surface area contributed by atoms with Crippen molar-refractivity contribution in [3.63, 3.8) is 0 Å². The number of ether oxygens (including phenoxy) is 2. The monoisotopic (exact) mass is 430 g/mol.